The largest absolute Gasteiger partial charge is 0.480 e. The van der Waals surface area contributed by atoms with E-state index in [9.17, 15) is 4.39 Å². The third-order valence-corrected chi connectivity index (χ3v) is 17.2. The number of methoxy groups -OCH3 is 1. The van der Waals surface area contributed by atoms with Crippen molar-refractivity contribution in [2.75, 3.05) is 51.9 Å². The highest BCUT2D eigenvalue weighted by molar-refractivity contribution is 6.74. The summed E-state index contributed by atoms with van der Waals surface area (Å²) in [5, 5.41) is 9.40. The lowest BCUT2D eigenvalue weighted by Crippen LogP contribution is -2.43. The van der Waals surface area contributed by atoms with Crippen LogP contribution < -0.4 is 14.8 Å². The minimum atomic E-state index is -2.02. The minimum Gasteiger partial charge on any atom is -0.480 e. The minimum absolute atomic E-state index is 0.0241. The van der Waals surface area contributed by atoms with E-state index in [2.05, 4.69) is 57.1 Å². The van der Waals surface area contributed by atoms with Crippen molar-refractivity contribution in [2.24, 2.45) is 0 Å². The van der Waals surface area contributed by atoms with Crippen LogP contribution in [0.4, 0.5) is 14.6 Å². The van der Waals surface area contributed by atoms with Crippen LogP contribution in [0.5, 0.6) is 11.9 Å². The molecular weight excluding hydrogens is 709 g/mol. The number of anilines is 1. The first-order chi connectivity index (χ1) is 25.8. The maximum Gasteiger partial charge on any atom is 0.319 e. The number of fused-ring (bicyclic) bond motifs is 3. The monoisotopic (exact) mass is 763 g/mol. The summed E-state index contributed by atoms with van der Waals surface area (Å²) in [4.78, 5) is 16.6. The molecule has 0 spiro atoms. The summed E-state index contributed by atoms with van der Waals surface area (Å²) in [7, 11) is -0.484. The molecule has 8 rings (SSSR count). The summed E-state index contributed by atoms with van der Waals surface area (Å²) in [6, 6.07) is 2.18. The summed E-state index contributed by atoms with van der Waals surface area (Å²) in [6.07, 6.45) is 7.96. The molecule has 1 N–H and O–H groups in total. The SMILES string of the molecule is COc1nc(-c2c(C3CC3)c(C)cc3c2cnn3C2CCCCO2)c(F)c2nc(OC[C@@]34CCCN3C[C@H](F)C4)nc(NCCO[Si](C)(C)C(C)(C)C)c12. The molecule has 1 unspecified atom stereocenters. The molecule has 3 atom stereocenters. The maximum atomic E-state index is 17.6. The number of nitrogens with one attached hydrogen (secondary N) is 1. The van der Waals surface area contributed by atoms with E-state index in [0.717, 1.165) is 73.5 Å². The van der Waals surface area contributed by atoms with Gasteiger partial charge in [0.15, 0.2) is 20.4 Å². The molecule has 11 nitrogen and oxygen atoms in total. The number of pyridine rings is 1. The molecule has 54 heavy (non-hydrogen) atoms. The van der Waals surface area contributed by atoms with Gasteiger partial charge in [0.25, 0.3) is 0 Å². The first-order valence-electron chi connectivity index (χ1n) is 19.8. The van der Waals surface area contributed by atoms with Gasteiger partial charge in [-0.25, -0.2) is 18.4 Å². The summed E-state index contributed by atoms with van der Waals surface area (Å²) in [6.45, 7) is 16.1. The molecule has 14 heteroatoms. The smallest absolute Gasteiger partial charge is 0.319 e. The van der Waals surface area contributed by atoms with Crippen LogP contribution in [0.15, 0.2) is 12.3 Å². The molecule has 4 aromatic rings. The number of hydrogen-bond acceptors (Lipinski definition) is 10. The number of aryl methyl sites for hydroxylation is 1. The first-order valence-corrected chi connectivity index (χ1v) is 22.7. The summed E-state index contributed by atoms with van der Waals surface area (Å²) in [5.74, 6) is 0.262. The predicted octanol–water partition coefficient (Wildman–Crippen LogP) is 8.46. The number of aromatic nitrogens is 5. The van der Waals surface area contributed by atoms with E-state index in [1.54, 1.807) is 0 Å². The number of ether oxygens (including phenoxy) is 3. The van der Waals surface area contributed by atoms with Gasteiger partial charge < -0.3 is 24.0 Å². The van der Waals surface area contributed by atoms with Gasteiger partial charge in [0, 0.05) is 37.1 Å². The Morgan fingerprint density at radius 3 is 2.65 bits per heavy atom. The molecule has 0 bridgehead atoms. The number of alkyl halides is 1. The van der Waals surface area contributed by atoms with Crippen LogP contribution in [0.1, 0.15) is 95.4 Å². The van der Waals surface area contributed by atoms with Crippen LogP contribution in [0.3, 0.4) is 0 Å². The van der Waals surface area contributed by atoms with Gasteiger partial charge in [-0.1, -0.05) is 20.8 Å². The van der Waals surface area contributed by atoms with Gasteiger partial charge >= 0.3 is 6.01 Å². The van der Waals surface area contributed by atoms with E-state index in [0.29, 0.717) is 55.4 Å². The Labute approximate surface area is 317 Å². The molecule has 4 fully saturated rings. The van der Waals surface area contributed by atoms with Crippen LogP contribution >= 0.6 is 0 Å². The second-order valence-electron chi connectivity index (χ2n) is 17.4. The van der Waals surface area contributed by atoms with Crippen molar-refractivity contribution in [3.63, 3.8) is 0 Å². The van der Waals surface area contributed by atoms with Crippen LogP contribution in [-0.4, -0.2) is 96.2 Å². The number of nitrogens with zero attached hydrogens (tertiary/aromatic N) is 6. The quantitative estimate of drug-likeness (QED) is 0.112. The first kappa shape index (κ1) is 37.5. The molecule has 0 radical (unpaired) electrons. The third kappa shape index (κ3) is 6.74. The maximum absolute atomic E-state index is 17.6. The fourth-order valence-corrected chi connectivity index (χ4v) is 9.64. The van der Waals surface area contributed by atoms with Crippen molar-refractivity contribution in [3.8, 4) is 23.1 Å². The molecule has 3 saturated heterocycles. The number of rotatable bonds is 12. The van der Waals surface area contributed by atoms with Gasteiger partial charge in [-0.05, 0) is 99.7 Å². The average Bonchev–Trinajstić information content (AvgIpc) is 3.65. The van der Waals surface area contributed by atoms with E-state index in [-0.39, 0.29) is 41.0 Å². The summed E-state index contributed by atoms with van der Waals surface area (Å²) < 4.78 is 59.1. The number of benzene rings is 1. The fourth-order valence-electron chi connectivity index (χ4n) is 8.60. The van der Waals surface area contributed by atoms with Crippen LogP contribution in [0, 0.1) is 12.7 Å². The van der Waals surface area contributed by atoms with Crippen LogP contribution in [0.25, 0.3) is 33.1 Å². The van der Waals surface area contributed by atoms with Crippen molar-refractivity contribution < 1.29 is 27.4 Å². The van der Waals surface area contributed by atoms with E-state index < -0.39 is 25.8 Å². The van der Waals surface area contributed by atoms with E-state index in [1.807, 2.05) is 10.9 Å². The molecule has 1 saturated carbocycles. The third-order valence-electron chi connectivity index (χ3n) is 12.6. The molecule has 1 aromatic carbocycles. The second kappa shape index (κ2) is 14.2. The van der Waals surface area contributed by atoms with Crippen molar-refractivity contribution in [1.82, 2.24) is 29.6 Å². The Morgan fingerprint density at radius 2 is 1.93 bits per heavy atom. The molecule has 0 amide bonds. The Morgan fingerprint density at radius 1 is 1.11 bits per heavy atom. The lowest BCUT2D eigenvalue weighted by Gasteiger charge is -2.36. The second-order valence-corrected chi connectivity index (χ2v) is 22.2. The molecular formula is C40H55F2N7O4Si. The molecule has 292 valence electrons. The summed E-state index contributed by atoms with van der Waals surface area (Å²) in [5.41, 5.74) is 3.53. The van der Waals surface area contributed by atoms with E-state index >= 15 is 4.39 Å². The van der Waals surface area contributed by atoms with E-state index in [4.69, 9.17) is 38.7 Å². The lowest BCUT2D eigenvalue weighted by molar-refractivity contribution is -0.0366. The van der Waals surface area contributed by atoms with Crippen molar-refractivity contribution in [1.29, 1.82) is 0 Å². The fraction of sp³-hybridized carbons (Fsp3) is 0.650. The van der Waals surface area contributed by atoms with Gasteiger partial charge in [-0.15, -0.1) is 0 Å². The number of hydrogen-bond donors (Lipinski definition) is 1. The Bertz CT molecular complexity index is 2040. The highest BCUT2D eigenvalue weighted by Gasteiger charge is 2.49. The van der Waals surface area contributed by atoms with E-state index in [1.165, 1.54) is 7.11 Å². The molecule has 3 aromatic heterocycles. The topological polar surface area (TPSA) is 109 Å². The zero-order chi connectivity index (χ0) is 38.0. The van der Waals surface area contributed by atoms with Gasteiger partial charge in [0.1, 0.15) is 35.2 Å². The summed E-state index contributed by atoms with van der Waals surface area (Å²) >= 11 is 0. The van der Waals surface area contributed by atoms with Gasteiger partial charge in [0.05, 0.1) is 31.0 Å². The Kier molecular flexibility index (Phi) is 9.88. The zero-order valence-corrected chi connectivity index (χ0v) is 33.9. The van der Waals surface area contributed by atoms with Crippen LogP contribution in [-0.2, 0) is 9.16 Å². The Hall–Kier alpha value is -3.46. The predicted molar refractivity (Wildman–Crippen MR) is 208 cm³/mol. The van der Waals surface area contributed by atoms with Crippen LogP contribution in [0.2, 0.25) is 18.1 Å². The number of halogens is 2. The van der Waals surface area contributed by atoms with Crippen molar-refractivity contribution in [3.05, 3.63) is 29.2 Å². The molecule has 3 aliphatic heterocycles. The van der Waals surface area contributed by atoms with Crippen molar-refractivity contribution >= 4 is 35.9 Å². The highest BCUT2D eigenvalue weighted by atomic mass is 28.4. The normalized spacial score (nSPS) is 23.7. The zero-order valence-electron chi connectivity index (χ0n) is 32.9. The highest BCUT2D eigenvalue weighted by Crippen LogP contribution is 2.50. The van der Waals surface area contributed by atoms with Crippen molar-refractivity contribution in [2.45, 2.75) is 121 Å². The standard InChI is InChI=1S/C40H55F2N7O4Si/c1-24-19-28-27(21-44-49(28)29-11-8-9-17-51-29)31(30(24)25-12-13-25)34-33(42)35-32(37(45-34)50-5)36(43-15-18-53-54(6,7)39(2,3)4)47-38(46-35)52-23-40-14-10-16-48(40)22-26(41)20-40/h19,21,25-26,29H,8-18,20,22-23H2,1-7H3,(H,43,46,47)/t26-,29?,40+/m1/s1. The van der Waals surface area contributed by atoms with Gasteiger partial charge in [-0.3, -0.25) is 4.90 Å². The molecule has 1 aliphatic carbocycles. The Balaban J connectivity index is 1.24. The van der Waals surface area contributed by atoms with Gasteiger partial charge in [0.2, 0.25) is 5.88 Å². The van der Waals surface area contributed by atoms with Gasteiger partial charge in [-0.2, -0.15) is 15.1 Å². The molecule has 4 aliphatic rings. The lowest BCUT2D eigenvalue weighted by atomic mass is 9.91. The molecule has 6 heterocycles. The average molecular weight is 764 g/mol.